The topological polar surface area (TPSA) is 74.8 Å². The molecule has 2 aromatic carbocycles. The summed E-state index contributed by atoms with van der Waals surface area (Å²) in [5, 5.41) is 20.2. The van der Waals surface area contributed by atoms with Gasteiger partial charge in [0, 0.05) is 29.8 Å². The number of Topliss-reactive ketones (excluding diaryl/α,β-unsaturated/α-hetero) is 1. The quantitative estimate of drug-likeness (QED) is 0.526. The molecule has 31 heavy (non-hydrogen) atoms. The van der Waals surface area contributed by atoms with E-state index in [1.165, 1.54) is 10.6 Å². The average molecular weight is 432 g/mol. The van der Waals surface area contributed by atoms with Crippen molar-refractivity contribution in [2.45, 2.75) is 32.9 Å². The molecule has 3 rings (SSSR count). The first-order valence-corrected chi connectivity index (χ1v) is 9.79. The fraction of sp³-hybridized carbons (Fsp3) is 0.304. The number of aliphatic hydroxyl groups excluding tert-OH is 1. The third kappa shape index (κ3) is 4.80. The van der Waals surface area contributed by atoms with Crippen LogP contribution in [-0.4, -0.2) is 39.4 Å². The molecule has 0 fully saturated rings. The van der Waals surface area contributed by atoms with E-state index in [0.717, 1.165) is 17.7 Å². The number of benzene rings is 2. The van der Waals surface area contributed by atoms with E-state index in [0.29, 0.717) is 23.2 Å². The number of nitrogens with zero attached hydrogens (tertiary/aromatic N) is 2. The van der Waals surface area contributed by atoms with E-state index in [1.54, 1.807) is 25.1 Å². The van der Waals surface area contributed by atoms with Crippen LogP contribution < -0.4 is 0 Å². The van der Waals surface area contributed by atoms with E-state index in [4.69, 9.17) is 5.11 Å². The van der Waals surface area contributed by atoms with Gasteiger partial charge >= 0.3 is 6.18 Å². The molecule has 1 heterocycles. The molecule has 0 aliphatic carbocycles. The summed E-state index contributed by atoms with van der Waals surface area (Å²) in [5.74, 6) is -0.418. The van der Waals surface area contributed by atoms with Crippen molar-refractivity contribution < 1.29 is 28.2 Å². The van der Waals surface area contributed by atoms with E-state index in [2.05, 4.69) is 4.99 Å². The van der Waals surface area contributed by atoms with Crippen LogP contribution in [0.1, 0.15) is 36.5 Å². The fourth-order valence-electron chi connectivity index (χ4n) is 3.48. The van der Waals surface area contributed by atoms with Gasteiger partial charge in [-0.2, -0.15) is 13.2 Å². The number of hydrogen-bond donors (Lipinski definition) is 2. The zero-order valence-electron chi connectivity index (χ0n) is 17.2. The van der Waals surface area contributed by atoms with Crippen LogP contribution in [0.15, 0.2) is 47.5 Å². The molecule has 0 amide bonds. The minimum atomic E-state index is -4.53. The number of alkyl halides is 3. The summed E-state index contributed by atoms with van der Waals surface area (Å²) in [7, 11) is 0. The number of hydrogen-bond acceptors (Lipinski definition) is 4. The highest BCUT2D eigenvalue weighted by molar-refractivity contribution is 6.13. The monoisotopic (exact) mass is 432 g/mol. The lowest BCUT2D eigenvalue weighted by Gasteiger charge is -2.10. The van der Waals surface area contributed by atoms with Gasteiger partial charge in [0.2, 0.25) is 5.88 Å². The molecular weight excluding hydrogens is 409 g/mol. The number of rotatable bonds is 7. The van der Waals surface area contributed by atoms with E-state index < -0.39 is 11.7 Å². The first kappa shape index (κ1) is 22.6. The maximum absolute atomic E-state index is 13.3. The molecule has 5 nitrogen and oxygen atoms in total. The van der Waals surface area contributed by atoms with Gasteiger partial charge in [0.1, 0.15) is 0 Å². The van der Waals surface area contributed by atoms with Crippen LogP contribution >= 0.6 is 0 Å². The third-order valence-corrected chi connectivity index (χ3v) is 5.00. The Kier molecular flexibility index (Phi) is 6.50. The number of aromatic nitrogens is 1. The van der Waals surface area contributed by atoms with E-state index >= 15 is 0 Å². The number of aromatic hydroxyl groups is 1. The number of aliphatic imine (C=N–C) groups is 1. The van der Waals surface area contributed by atoms with Crippen molar-refractivity contribution in [3.63, 3.8) is 0 Å². The molecule has 0 aliphatic rings. The van der Waals surface area contributed by atoms with E-state index in [9.17, 15) is 23.1 Å². The summed E-state index contributed by atoms with van der Waals surface area (Å²) >= 11 is 0. The summed E-state index contributed by atoms with van der Waals surface area (Å²) in [6.07, 6.45) is -4.02. The standard InChI is InChI=1S/C23H23F3N2O3/c1-14-5-3-6-17(11-14)28-20-12-16(23(24,25)26)8-9-19(20)21(22(28)31)15(2)27-13-18(30)7-4-10-29/h3,5-6,8-9,11-12,29,31H,4,7,10,13H2,1-2H3. The molecule has 0 spiro atoms. The Morgan fingerprint density at radius 1 is 1.16 bits per heavy atom. The number of fused-ring (bicyclic) bond motifs is 1. The zero-order valence-corrected chi connectivity index (χ0v) is 17.2. The van der Waals surface area contributed by atoms with E-state index in [1.807, 2.05) is 13.0 Å². The van der Waals surface area contributed by atoms with Crippen molar-refractivity contribution in [3.05, 3.63) is 59.2 Å². The van der Waals surface area contributed by atoms with Gasteiger partial charge in [0.15, 0.2) is 5.78 Å². The van der Waals surface area contributed by atoms with Gasteiger partial charge in [-0.05, 0) is 50.1 Å². The highest BCUT2D eigenvalue weighted by Crippen LogP contribution is 2.38. The smallest absolute Gasteiger partial charge is 0.416 e. The molecule has 0 bridgehead atoms. The van der Waals surface area contributed by atoms with Gasteiger partial charge in [-0.25, -0.2) is 0 Å². The Labute approximate surface area is 177 Å². The second-order valence-corrected chi connectivity index (χ2v) is 7.37. The molecule has 0 aliphatic heterocycles. The Morgan fingerprint density at radius 3 is 2.55 bits per heavy atom. The summed E-state index contributed by atoms with van der Waals surface area (Å²) < 4.78 is 41.4. The van der Waals surface area contributed by atoms with Gasteiger partial charge in [0.05, 0.1) is 23.2 Å². The largest absolute Gasteiger partial charge is 0.494 e. The lowest BCUT2D eigenvalue weighted by molar-refractivity contribution is -0.137. The average Bonchev–Trinajstić information content (AvgIpc) is 3.00. The van der Waals surface area contributed by atoms with Crippen LogP contribution in [0.4, 0.5) is 13.2 Å². The predicted molar refractivity (Wildman–Crippen MR) is 113 cm³/mol. The highest BCUT2D eigenvalue weighted by Gasteiger charge is 2.32. The number of carbonyl (C=O) groups is 1. The first-order valence-electron chi connectivity index (χ1n) is 9.79. The molecule has 2 N–H and O–H groups in total. The second kappa shape index (κ2) is 8.93. The van der Waals surface area contributed by atoms with Crippen LogP contribution in [0, 0.1) is 6.92 Å². The van der Waals surface area contributed by atoms with Crippen LogP contribution in [0.5, 0.6) is 5.88 Å². The second-order valence-electron chi connectivity index (χ2n) is 7.37. The van der Waals surface area contributed by atoms with Crippen molar-refractivity contribution in [3.8, 4) is 11.6 Å². The van der Waals surface area contributed by atoms with Crippen LogP contribution in [0.2, 0.25) is 0 Å². The molecule has 8 heteroatoms. The summed E-state index contributed by atoms with van der Waals surface area (Å²) in [5.41, 5.74) is 1.37. The number of ketones is 1. The molecule has 3 aromatic rings. The Morgan fingerprint density at radius 2 is 1.90 bits per heavy atom. The van der Waals surface area contributed by atoms with Gasteiger partial charge in [-0.1, -0.05) is 18.2 Å². The van der Waals surface area contributed by atoms with Crippen LogP contribution in [0.3, 0.4) is 0 Å². The number of aliphatic hydroxyl groups is 1. The van der Waals surface area contributed by atoms with Crippen molar-refractivity contribution in [2.75, 3.05) is 13.2 Å². The molecular formula is C23H23F3N2O3. The molecule has 0 atom stereocenters. The van der Waals surface area contributed by atoms with Gasteiger partial charge in [0.25, 0.3) is 0 Å². The van der Waals surface area contributed by atoms with Crippen molar-refractivity contribution in [2.24, 2.45) is 4.99 Å². The molecule has 1 aromatic heterocycles. The SMILES string of the molecule is CC(=NCC(=O)CCCO)c1c(O)n(-c2cccc(C)c2)c2cc(C(F)(F)F)ccc12. The maximum Gasteiger partial charge on any atom is 0.416 e. The van der Waals surface area contributed by atoms with Gasteiger partial charge in [-0.15, -0.1) is 0 Å². The minimum absolute atomic E-state index is 0.0965. The minimum Gasteiger partial charge on any atom is -0.494 e. The summed E-state index contributed by atoms with van der Waals surface area (Å²) in [4.78, 5) is 16.1. The number of aryl methyl sites for hydroxylation is 1. The van der Waals surface area contributed by atoms with Gasteiger partial charge < -0.3 is 10.2 Å². The van der Waals surface area contributed by atoms with Crippen LogP contribution in [-0.2, 0) is 11.0 Å². The van der Waals surface area contributed by atoms with Crippen molar-refractivity contribution in [1.29, 1.82) is 0 Å². The molecule has 0 unspecified atom stereocenters. The Bertz CT molecular complexity index is 1150. The number of carbonyl (C=O) groups excluding carboxylic acids is 1. The fourth-order valence-corrected chi connectivity index (χ4v) is 3.48. The lowest BCUT2D eigenvalue weighted by Crippen LogP contribution is -2.06. The summed E-state index contributed by atoms with van der Waals surface area (Å²) in [6, 6.07) is 10.3. The lowest BCUT2D eigenvalue weighted by atomic mass is 10.1. The van der Waals surface area contributed by atoms with Crippen molar-refractivity contribution in [1.82, 2.24) is 4.57 Å². The third-order valence-electron chi connectivity index (χ3n) is 5.00. The van der Waals surface area contributed by atoms with E-state index in [-0.39, 0.29) is 42.3 Å². The number of halogens is 3. The Balaban J connectivity index is 2.18. The molecule has 0 saturated carbocycles. The van der Waals surface area contributed by atoms with Gasteiger partial charge in [-0.3, -0.25) is 14.4 Å². The first-order chi connectivity index (χ1) is 14.6. The zero-order chi connectivity index (χ0) is 22.8. The predicted octanol–water partition coefficient (Wildman–Crippen LogP) is 4.81. The molecule has 0 saturated heterocycles. The van der Waals surface area contributed by atoms with Crippen molar-refractivity contribution >= 4 is 22.4 Å². The maximum atomic E-state index is 13.3. The Hall–Kier alpha value is -3.13. The normalized spacial score (nSPS) is 12.5. The highest BCUT2D eigenvalue weighted by atomic mass is 19.4. The van der Waals surface area contributed by atoms with Crippen LogP contribution in [0.25, 0.3) is 16.6 Å². The molecule has 164 valence electrons. The molecule has 0 radical (unpaired) electrons. The summed E-state index contributed by atoms with van der Waals surface area (Å²) in [6.45, 7) is 3.22.